The van der Waals surface area contributed by atoms with E-state index in [0.717, 1.165) is 18.1 Å². The molecule has 0 aliphatic rings. The van der Waals surface area contributed by atoms with Crippen molar-refractivity contribution in [1.29, 1.82) is 0 Å². The van der Waals surface area contributed by atoms with Gasteiger partial charge in [-0.1, -0.05) is 13.3 Å². The van der Waals surface area contributed by atoms with Gasteiger partial charge >= 0.3 is 0 Å². The maximum atomic E-state index is 11.7. The van der Waals surface area contributed by atoms with E-state index in [4.69, 9.17) is 5.73 Å². The number of thiazole rings is 1. The van der Waals surface area contributed by atoms with E-state index in [1.165, 1.54) is 24.2 Å². The van der Waals surface area contributed by atoms with Gasteiger partial charge in [-0.15, -0.1) is 11.3 Å². The molecule has 0 aliphatic heterocycles. The van der Waals surface area contributed by atoms with Crippen molar-refractivity contribution in [2.75, 3.05) is 26.7 Å². The Bertz CT molecular complexity index is 367. The van der Waals surface area contributed by atoms with E-state index in [9.17, 15) is 4.79 Å². The van der Waals surface area contributed by atoms with Gasteiger partial charge in [-0.25, -0.2) is 4.98 Å². The molecule has 1 aromatic rings. The van der Waals surface area contributed by atoms with Crippen molar-refractivity contribution in [1.82, 2.24) is 15.2 Å². The van der Waals surface area contributed by atoms with Crippen LogP contribution in [0.1, 0.15) is 35.3 Å². The first-order chi connectivity index (χ1) is 8.67. The van der Waals surface area contributed by atoms with E-state index >= 15 is 0 Å². The van der Waals surface area contributed by atoms with E-state index in [1.54, 1.807) is 5.38 Å². The first kappa shape index (κ1) is 15.1. The van der Waals surface area contributed by atoms with E-state index in [2.05, 4.69) is 29.2 Å². The third-order valence-corrected chi connectivity index (χ3v) is 3.50. The smallest absolute Gasteiger partial charge is 0.270 e. The van der Waals surface area contributed by atoms with Crippen molar-refractivity contribution >= 4 is 17.2 Å². The molecule has 0 spiro atoms. The molecule has 5 nitrogen and oxygen atoms in total. The zero-order valence-electron chi connectivity index (χ0n) is 11.1. The summed E-state index contributed by atoms with van der Waals surface area (Å²) >= 11 is 1.42. The Morgan fingerprint density at radius 3 is 2.94 bits per heavy atom. The van der Waals surface area contributed by atoms with Crippen LogP contribution in [0.4, 0.5) is 0 Å². The van der Waals surface area contributed by atoms with Gasteiger partial charge < -0.3 is 16.0 Å². The molecule has 0 fully saturated rings. The summed E-state index contributed by atoms with van der Waals surface area (Å²) in [6.07, 6.45) is 2.38. The number of hydrogen-bond acceptors (Lipinski definition) is 5. The van der Waals surface area contributed by atoms with Crippen LogP contribution in [0, 0.1) is 0 Å². The Morgan fingerprint density at radius 1 is 1.56 bits per heavy atom. The summed E-state index contributed by atoms with van der Waals surface area (Å²) in [5, 5.41) is 5.41. The molecule has 1 heterocycles. The summed E-state index contributed by atoms with van der Waals surface area (Å²) < 4.78 is 0. The van der Waals surface area contributed by atoms with Crippen molar-refractivity contribution < 1.29 is 4.79 Å². The second-order valence-corrected chi connectivity index (χ2v) is 5.19. The molecule has 0 aromatic carbocycles. The van der Waals surface area contributed by atoms with Gasteiger partial charge in [-0.05, 0) is 20.0 Å². The number of nitrogens with one attached hydrogen (secondary N) is 1. The lowest BCUT2D eigenvalue weighted by atomic mass is 10.3. The van der Waals surface area contributed by atoms with Crippen molar-refractivity contribution in [2.45, 2.75) is 26.3 Å². The number of likely N-dealkylation sites (N-methyl/N-ethyl adjacent to an activating group) is 1. The molecule has 0 unspecified atom stereocenters. The molecule has 0 saturated carbocycles. The standard InChI is InChI=1S/C12H22N4OS/c1-3-4-6-16(2)7-5-14-12(17)10-9-18-11(8-13)15-10/h9H,3-8,13H2,1-2H3,(H,14,17). The highest BCUT2D eigenvalue weighted by Crippen LogP contribution is 2.08. The molecule has 0 aliphatic carbocycles. The molecule has 102 valence electrons. The fourth-order valence-corrected chi connectivity index (χ4v) is 2.15. The normalized spacial score (nSPS) is 10.9. The highest BCUT2D eigenvalue weighted by atomic mass is 32.1. The average Bonchev–Trinajstić information content (AvgIpc) is 2.85. The monoisotopic (exact) mass is 270 g/mol. The first-order valence-corrected chi connectivity index (χ1v) is 7.16. The molecule has 1 amide bonds. The van der Waals surface area contributed by atoms with Crippen LogP contribution in [-0.4, -0.2) is 42.5 Å². The van der Waals surface area contributed by atoms with Gasteiger partial charge in [0, 0.05) is 25.0 Å². The number of nitrogens with two attached hydrogens (primary N) is 1. The van der Waals surface area contributed by atoms with Crippen LogP contribution in [0.3, 0.4) is 0 Å². The van der Waals surface area contributed by atoms with Gasteiger partial charge in [-0.3, -0.25) is 4.79 Å². The summed E-state index contributed by atoms with van der Waals surface area (Å²) in [5.74, 6) is -0.116. The summed E-state index contributed by atoms with van der Waals surface area (Å²) in [6.45, 7) is 5.14. The number of amides is 1. The molecule has 18 heavy (non-hydrogen) atoms. The Balaban J connectivity index is 2.24. The molecule has 0 radical (unpaired) electrons. The van der Waals surface area contributed by atoms with Gasteiger partial charge in [-0.2, -0.15) is 0 Å². The quantitative estimate of drug-likeness (QED) is 0.741. The second-order valence-electron chi connectivity index (χ2n) is 4.24. The van der Waals surface area contributed by atoms with E-state index in [0.29, 0.717) is 18.8 Å². The minimum absolute atomic E-state index is 0.116. The van der Waals surface area contributed by atoms with Crippen LogP contribution >= 0.6 is 11.3 Å². The predicted molar refractivity (Wildman–Crippen MR) is 74.7 cm³/mol. The summed E-state index contributed by atoms with van der Waals surface area (Å²) in [5.41, 5.74) is 5.93. The van der Waals surface area contributed by atoms with Crippen LogP contribution < -0.4 is 11.1 Å². The molecule has 0 bridgehead atoms. The van der Waals surface area contributed by atoms with Crippen molar-refractivity contribution in [2.24, 2.45) is 5.73 Å². The molecular weight excluding hydrogens is 248 g/mol. The summed E-state index contributed by atoms with van der Waals surface area (Å²) in [7, 11) is 2.07. The van der Waals surface area contributed by atoms with Crippen LogP contribution in [0.5, 0.6) is 0 Å². The predicted octanol–water partition coefficient (Wildman–Crippen LogP) is 1.06. The lowest BCUT2D eigenvalue weighted by Gasteiger charge is -2.15. The van der Waals surface area contributed by atoms with E-state index in [-0.39, 0.29) is 5.91 Å². The van der Waals surface area contributed by atoms with Gasteiger partial charge in [0.2, 0.25) is 0 Å². The van der Waals surface area contributed by atoms with Crippen molar-refractivity contribution in [3.8, 4) is 0 Å². The Labute approximate surface area is 112 Å². The van der Waals surface area contributed by atoms with E-state index in [1.807, 2.05) is 0 Å². The van der Waals surface area contributed by atoms with Crippen LogP contribution in [-0.2, 0) is 6.54 Å². The molecule has 1 aromatic heterocycles. The number of aromatic nitrogens is 1. The third kappa shape index (κ3) is 5.12. The molecule has 1 rings (SSSR count). The maximum absolute atomic E-state index is 11.7. The number of nitrogens with zero attached hydrogens (tertiary/aromatic N) is 2. The largest absolute Gasteiger partial charge is 0.349 e. The van der Waals surface area contributed by atoms with Gasteiger partial charge in [0.05, 0.1) is 0 Å². The average molecular weight is 270 g/mol. The van der Waals surface area contributed by atoms with Crippen LogP contribution in [0.25, 0.3) is 0 Å². The zero-order valence-corrected chi connectivity index (χ0v) is 11.9. The van der Waals surface area contributed by atoms with Crippen LogP contribution in [0.2, 0.25) is 0 Å². The lowest BCUT2D eigenvalue weighted by Crippen LogP contribution is -2.33. The second kappa shape index (κ2) is 8.18. The fraction of sp³-hybridized carbons (Fsp3) is 0.667. The summed E-state index contributed by atoms with van der Waals surface area (Å²) in [6, 6.07) is 0. The number of rotatable bonds is 8. The molecule has 6 heteroatoms. The number of hydrogen-bond donors (Lipinski definition) is 2. The molecule has 0 atom stereocenters. The first-order valence-electron chi connectivity index (χ1n) is 6.28. The molecular formula is C12H22N4OS. The van der Waals surface area contributed by atoms with Crippen molar-refractivity contribution in [3.05, 3.63) is 16.1 Å². The van der Waals surface area contributed by atoms with Gasteiger partial charge in [0.15, 0.2) is 0 Å². The Hall–Kier alpha value is -0.980. The van der Waals surface area contributed by atoms with Gasteiger partial charge in [0.25, 0.3) is 5.91 Å². The maximum Gasteiger partial charge on any atom is 0.270 e. The summed E-state index contributed by atoms with van der Waals surface area (Å²) in [4.78, 5) is 18.1. The Kier molecular flexibility index (Phi) is 6.85. The zero-order chi connectivity index (χ0) is 13.4. The van der Waals surface area contributed by atoms with Crippen molar-refractivity contribution in [3.63, 3.8) is 0 Å². The lowest BCUT2D eigenvalue weighted by molar-refractivity contribution is 0.0945. The van der Waals surface area contributed by atoms with Gasteiger partial charge in [0.1, 0.15) is 10.7 Å². The Morgan fingerprint density at radius 2 is 2.33 bits per heavy atom. The molecule has 0 saturated heterocycles. The number of carbonyl (C=O) groups excluding carboxylic acids is 1. The fourth-order valence-electron chi connectivity index (χ4n) is 1.50. The molecule has 3 N–H and O–H groups in total. The SMILES string of the molecule is CCCCN(C)CCNC(=O)c1csc(CN)n1. The highest BCUT2D eigenvalue weighted by molar-refractivity contribution is 7.09. The van der Waals surface area contributed by atoms with E-state index < -0.39 is 0 Å². The topological polar surface area (TPSA) is 71.2 Å². The minimum atomic E-state index is -0.116. The minimum Gasteiger partial charge on any atom is -0.349 e. The highest BCUT2D eigenvalue weighted by Gasteiger charge is 2.09. The number of unbranched alkanes of at least 4 members (excludes halogenated alkanes) is 1. The number of carbonyl (C=O) groups is 1. The van der Waals surface area contributed by atoms with Crippen LogP contribution in [0.15, 0.2) is 5.38 Å². The third-order valence-electron chi connectivity index (χ3n) is 2.63.